The number of aliphatic hydroxyl groups excluding tert-OH is 2. The fourth-order valence-corrected chi connectivity index (χ4v) is 3.60. The molecule has 0 aliphatic carbocycles. The number of thioether (sulfide) groups is 1. The molecule has 0 aliphatic heterocycles. The number of aromatic nitrogens is 4. The van der Waals surface area contributed by atoms with Crippen molar-refractivity contribution in [2.45, 2.75) is 24.7 Å². The molecule has 0 spiro atoms. The van der Waals surface area contributed by atoms with Gasteiger partial charge in [-0.1, -0.05) is 41.6 Å². The Labute approximate surface area is 153 Å². The minimum atomic E-state index is -0.894. The van der Waals surface area contributed by atoms with Crippen LogP contribution >= 0.6 is 11.8 Å². The van der Waals surface area contributed by atoms with E-state index in [0.717, 1.165) is 11.1 Å². The van der Waals surface area contributed by atoms with E-state index in [-0.39, 0.29) is 18.0 Å². The first-order chi connectivity index (χ1) is 12.4. The SMILES string of the molecule is Cc1cccc(Cn2c(SCC(O)CO)nc3c2c(=O)[nH]c(=O)n3C)c1. The van der Waals surface area contributed by atoms with Crippen molar-refractivity contribution in [1.29, 1.82) is 0 Å². The van der Waals surface area contributed by atoms with Crippen molar-refractivity contribution in [3.05, 3.63) is 56.2 Å². The molecule has 0 radical (unpaired) electrons. The Kier molecular flexibility index (Phi) is 5.30. The van der Waals surface area contributed by atoms with Crippen LogP contribution in [0.5, 0.6) is 0 Å². The highest BCUT2D eigenvalue weighted by Gasteiger charge is 2.19. The summed E-state index contributed by atoms with van der Waals surface area (Å²) in [5, 5.41) is 19.2. The maximum absolute atomic E-state index is 12.4. The number of nitrogens with one attached hydrogen (secondary N) is 1. The molecule has 1 unspecified atom stereocenters. The Morgan fingerprint density at radius 3 is 2.81 bits per heavy atom. The maximum atomic E-state index is 12.4. The number of H-pyrrole nitrogens is 1. The van der Waals surface area contributed by atoms with Crippen molar-refractivity contribution in [2.24, 2.45) is 7.05 Å². The highest BCUT2D eigenvalue weighted by Crippen LogP contribution is 2.23. The van der Waals surface area contributed by atoms with Crippen LogP contribution in [0.3, 0.4) is 0 Å². The average Bonchev–Trinajstić information content (AvgIpc) is 2.96. The molecule has 138 valence electrons. The van der Waals surface area contributed by atoms with E-state index in [0.29, 0.717) is 17.2 Å². The van der Waals surface area contributed by atoms with E-state index in [4.69, 9.17) is 5.11 Å². The van der Waals surface area contributed by atoms with Gasteiger partial charge in [-0.3, -0.25) is 14.3 Å². The zero-order valence-corrected chi connectivity index (χ0v) is 15.3. The summed E-state index contributed by atoms with van der Waals surface area (Å²) in [6.07, 6.45) is -0.894. The third-order valence-electron chi connectivity index (χ3n) is 4.01. The molecular weight excluding hydrogens is 356 g/mol. The minimum absolute atomic E-state index is 0.222. The van der Waals surface area contributed by atoms with E-state index in [9.17, 15) is 14.7 Å². The summed E-state index contributed by atoms with van der Waals surface area (Å²) < 4.78 is 3.02. The van der Waals surface area contributed by atoms with Crippen molar-refractivity contribution >= 4 is 22.9 Å². The van der Waals surface area contributed by atoms with Crippen LogP contribution in [-0.4, -0.2) is 47.8 Å². The zero-order chi connectivity index (χ0) is 18.8. The molecule has 1 aromatic carbocycles. The van der Waals surface area contributed by atoms with Gasteiger partial charge in [-0.15, -0.1) is 0 Å². The van der Waals surface area contributed by atoms with E-state index in [1.807, 2.05) is 31.2 Å². The molecule has 0 fully saturated rings. The molecule has 3 N–H and O–H groups in total. The smallest absolute Gasteiger partial charge is 0.329 e. The van der Waals surface area contributed by atoms with Crippen molar-refractivity contribution in [3.8, 4) is 0 Å². The van der Waals surface area contributed by atoms with Gasteiger partial charge in [0, 0.05) is 12.8 Å². The van der Waals surface area contributed by atoms with Gasteiger partial charge in [0.05, 0.1) is 19.3 Å². The topological polar surface area (TPSA) is 113 Å². The molecule has 3 aromatic rings. The van der Waals surface area contributed by atoms with E-state index in [2.05, 4.69) is 9.97 Å². The fourth-order valence-electron chi connectivity index (χ4n) is 2.69. The number of nitrogens with zero attached hydrogens (tertiary/aromatic N) is 3. The standard InChI is InChI=1S/C17H20N4O4S/c1-10-4-3-5-11(6-10)7-21-13-14(20(2)16(25)19-15(13)24)18-17(21)26-9-12(23)8-22/h3-6,12,22-23H,7-9H2,1-2H3,(H,19,24,25). The summed E-state index contributed by atoms with van der Waals surface area (Å²) in [6.45, 7) is 2.03. The minimum Gasteiger partial charge on any atom is -0.394 e. The van der Waals surface area contributed by atoms with E-state index >= 15 is 0 Å². The van der Waals surface area contributed by atoms with E-state index in [1.54, 1.807) is 11.6 Å². The lowest BCUT2D eigenvalue weighted by Gasteiger charge is -2.10. The molecule has 8 nitrogen and oxygen atoms in total. The van der Waals surface area contributed by atoms with Crippen LogP contribution in [0.4, 0.5) is 0 Å². The van der Waals surface area contributed by atoms with E-state index in [1.165, 1.54) is 16.3 Å². The van der Waals surface area contributed by atoms with E-state index < -0.39 is 17.4 Å². The molecule has 0 amide bonds. The number of aliphatic hydroxyl groups is 2. The number of hydrogen-bond donors (Lipinski definition) is 3. The van der Waals surface area contributed by atoms with Gasteiger partial charge in [0.25, 0.3) is 5.56 Å². The van der Waals surface area contributed by atoms with Crippen molar-refractivity contribution in [1.82, 2.24) is 19.1 Å². The summed E-state index contributed by atoms with van der Waals surface area (Å²) in [4.78, 5) is 31.0. The van der Waals surface area contributed by atoms with Crippen molar-refractivity contribution in [3.63, 3.8) is 0 Å². The van der Waals surface area contributed by atoms with Crippen LogP contribution in [0.1, 0.15) is 11.1 Å². The van der Waals surface area contributed by atoms with Gasteiger partial charge in [0.2, 0.25) is 0 Å². The number of benzene rings is 1. The first-order valence-electron chi connectivity index (χ1n) is 8.07. The molecule has 9 heteroatoms. The van der Waals surface area contributed by atoms with Gasteiger partial charge in [0.1, 0.15) is 0 Å². The Hall–Kier alpha value is -2.36. The number of aryl methyl sites for hydroxylation is 2. The van der Waals surface area contributed by atoms with Crippen molar-refractivity contribution in [2.75, 3.05) is 12.4 Å². The number of imidazole rings is 1. The fraction of sp³-hybridized carbons (Fsp3) is 0.353. The van der Waals surface area contributed by atoms with Gasteiger partial charge >= 0.3 is 5.69 Å². The highest BCUT2D eigenvalue weighted by atomic mass is 32.2. The molecule has 1 atom stereocenters. The van der Waals surface area contributed by atoms with Crippen LogP contribution in [0, 0.1) is 6.92 Å². The molecular formula is C17H20N4O4S. The number of fused-ring (bicyclic) bond motifs is 1. The molecule has 0 saturated carbocycles. The molecule has 0 aliphatic rings. The molecule has 0 saturated heterocycles. The summed E-state index contributed by atoms with van der Waals surface area (Å²) in [7, 11) is 1.54. The molecule has 2 heterocycles. The van der Waals surface area contributed by atoms with Gasteiger partial charge in [-0.2, -0.15) is 0 Å². The normalized spacial score (nSPS) is 12.6. The Morgan fingerprint density at radius 1 is 1.35 bits per heavy atom. The molecule has 3 rings (SSSR count). The Morgan fingerprint density at radius 2 is 2.12 bits per heavy atom. The van der Waals surface area contributed by atoms with Gasteiger partial charge in [-0.25, -0.2) is 9.78 Å². The predicted octanol–water partition coefficient (Wildman–Crippen LogP) is 0.225. The predicted molar refractivity (Wildman–Crippen MR) is 99.7 cm³/mol. The van der Waals surface area contributed by atoms with Crippen LogP contribution < -0.4 is 11.2 Å². The van der Waals surface area contributed by atoms with Crippen LogP contribution in [-0.2, 0) is 13.6 Å². The first kappa shape index (κ1) is 18.4. The average molecular weight is 376 g/mol. The van der Waals surface area contributed by atoms with Gasteiger partial charge < -0.3 is 14.8 Å². The van der Waals surface area contributed by atoms with Crippen molar-refractivity contribution < 1.29 is 10.2 Å². The van der Waals surface area contributed by atoms with Crippen LogP contribution in [0.2, 0.25) is 0 Å². The second kappa shape index (κ2) is 7.48. The molecule has 26 heavy (non-hydrogen) atoms. The molecule has 0 bridgehead atoms. The summed E-state index contributed by atoms with van der Waals surface area (Å²) >= 11 is 1.23. The first-order valence-corrected chi connectivity index (χ1v) is 9.06. The lowest BCUT2D eigenvalue weighted by molar-refractivity contribution is 0.113. The lowest BCUT2D eigenvalue weighted by atomic mass is 10.1. The van der Waals surface area contributed by atoms with Crippen LogP contribution in [0.15, 0.2) is 39.0 Å². The quantitative estimate of drug-likeness (QED) is 0.531. The number of aromatic amines is 1. The van der Waals surface area contributed by atoms with Gasteiger partial charge in [0.15, 0.2) is 16.3 Å². The van der Waals surface area contributed by atoms with Gasteiger partial charge in [-0.05, 0) is 12.5 Å². The maximum Gasteiger partial charge on any atom is 0.329 e. The number of hydrogen-bond acceptors (Lipinski definition) is 6. The monoisotopic (exact) mass is 376 g/mol. The third kappa shape index (κ3) is 3.59. The highest BCUT2D eigenvalue weighted by molar-refractivity contribution is 7.99. The molecule has 2 aromatic heterocycles. The summed E-state index contributed by atoms with van der Waals surface area (Å²) in [5.74, 6) is 0.222. The van der Waals surface area contributed by atoms with Crippen LogP contribution in [0.25, 0.3) is 11.2 Å². The summed E-state index contributed by atoms with van der Waals surface area (Å²) in [6, 6.07) is 7.89. The second-order valence-electron chi connectivity index (χ2n) is 6.11. The zero-order valence-electron chi connectivity index (χ0n) is 14.5. The Balaban J connectivity index is 2.14. The Bertz CT molecular complexity index is 1050. The second-order valence-corrected chi connectivity index (χ2v) is 7.09. The third-order valence-corrected chi connectivity index (χ3v) is 5.13. The summed E-state index contributed by atoms with van der Waals surface area (Å²) in [5.41, 5.74) is 1.63. The largest absolute Gasteiger partial charge is 0.394 e. The lowest BCUT2D eigenvalue weighted by Crippen LogP contribution is -2.29. The number of rotatable bonds is 6.